The predicted octanol–water partition coefficient (Wildman–Crippen LogP) is 3.09. The van der Waals surface area contributed by atoms with Crippen LogP contribution in [0.4, 0.5) is 0 Å². The molecule has 3 aromatic rings. The highest BCUT2D eigenvalue weighted by Crippen LogP contribution is 2.32. The first-order chi connectivity index (χ1) is 8.81. The SMILES string of the molecule is O=Cc1c[nH]c2nccc(-c3cccnc3Cl)c12. The number of aromatic nitrogens is 3. The molecule has 0 radical (unpaired) electrons. The maximum atomic E-state index is 11.1. The van der Waals surface area contributed by atoms with Gasteiger partial charge < -0.3 is 4.98 Å². The number of nitrogens with one attached hydrogen (secondary N) is 1. The first-order valence-electron chi connectivity index (χ1n) is 5.33. The fourth-order valence-corrected chi connectivity index (χ4v) is 2.21. The van der Waals surface area contributed by atoms with Gasteiger partial charge in [0.15, 0.2) is 6.29 Å². The molecule has 0 amide bonds. The standard InChI is InChI=1S/C13H8ClN3O/c14-12-10(2-1-4-15-12)9-3-5-16-13-11(9)8(7-18)6-17-13/h1-7H,(H,16,17). The van der Waals surface area contributed by atoms with Crippen LogP contribution in [0.3, 0.4) is 0 Å². The molecule has 0 aliphatic heterocycles. The van der Waals surface area contributed by atoms with Crippen LogP contribution >= 0.6 is 11.6 Å². The molecule has 0 aliphatic carbocycles. The average Bonchev–Trinajstić information content (AvgIpc) is 2.82. The molecule has 0 aliphatic rings. The lowest BCUT2D eigenvalue weighted by Gasteiger charge is -2.05. The highest BCUT2D eigenvalue weighted by atomic mass is 35.5. The van der Waals surface area contributed by atoms with E-state index in [-0.39, 0.29) is 0 Å². The van der Waals surface area contributed by atoms with Gasteiger partial charge in [-0.05, 0) is 23.8 Å². The number of aromatic amines is 1. The molecule has 3 rings (SSSR count). The van der Waals surface area contributed by atoms with Gasteiger partial charge in [0.05, 0.1) is 0 Å². The largest absolute Gasteiger partial charge is 0.345 e. The third kappa shape index (κ3) is 1.58. The monoisotopic (exact) mass is 257 g/mol. The van der Waals surface area contributed by atoms with Crippen LogP contribution in [0.1, 0.15) is 10.4 Å². The quantitative estimate of drug-likeness (QED) is 0.567. The van der Waals surface area contributed by atoms with Crippen LogP contribution in [0.2, 0.25) is 5.15 Å². The molecule has 1 N–H and O–H groups in total. The van der Waals surface area contributed by atoms with Gasteiger partial charge in [0.2, 0.25) is 0 Å². The fourth-order valence-electron chi connectivity index (χ4n) is 1.99. The third-order valence-electron chi connectivity index (χ3n) is 2.78. The van der Waals surface area contributed by atoms with Crippen molar-refractivity contribution in [2.24, 2.45) is 0 Å². The van der Waals surface area contributed by atoms with Crippen molar-refractivity contribution in [3.05, 3.63) is 47.5 Å². The zero-order valence-corrected chi connectivity index (χ0v) is 9.98. The summed E-state index contributed by atoms with van der Waals surface area (Å²) in [6.07, 6.45) is 5.74. The van der Waals surface area contributed by atoms with E-state index in [9.17, 15) is 4.79 Å². The fraction of sp³-hybridized carbons (Fsp3) is 0. The smallest absolute Gasteiger partial charge is 0.152 e. The lowest BCUT2D eigenvalue weighted by molar-refractivity contribution is 0.112. The Morgan fingerprint density at radius 1 is 1.17 bits per heavy atom. The number of carbonyl (C=O) groups is 1. The Balaban J connectivity index is 2.39. The van der Waals surface area contributed by atoms with E-state index in [1.54, 1.807) is 24.7 Å². The van der Waals surface area contributed by atoms with E-state index in [1.165, 1.54) is 0 Å². The van der Waals surface area contributed by atoms with Crippen molar-refractivity contribution >= 4 is 28.9 Å². The minimum atomic E-state index is 0.406. The molecule has 0 fully saturated rings. The summed E-state index contributed by atoms with van der Waals surface area (Å²) >= 11 is 6.09. The molecular formula is C13H8ClN3O. The van der Waals surface area contributed by atoms with E-state index >= 15 is 0 Å². The first kappa shape index (κ1) is 10.9. The summed E-state index contributed by atoms with van der Waals surface area (Å²) in [5, 5.41) is 1.17. The zero-order valence-electron chi connectivity index (χ0n) is 9.22. The van der Waals surface area contributed by atoms with Crippen molar-refractivity contribution in [1.29, 1.82) is 0 Å². The van der Waals surface area contributed by atoms with Crippen molar-refractivity contribution in [1.82, 2.24) is 15.0 Å². The maximum absolute atomic E-state index is 11.1. The van der Waals surface area contributed by atoms with E-state index in [2.05, 4.69) is 15.0 Å². The Morgan fingerprint density at radius 3 is 2.83 bits per heavy atom. The molecule has 0 saturated carbocycles. The zero-order chi connectivity index (χ0) is 12.5. The highest BCUT2D eigenvalue weighted by molar-refractivity contribution is 6.32. The number of hydrogen-bond acceptors (Lipinski definition) is 3. The number of pyridine rings is 2. The van der Waals surface area contributed by atoms with Crippen LogP contribution < -0.4 is 0 Å². The molecule has 4 nitrogen and oxygen atoms in total. The van der Waals surface area contributed by atoms with Gasteiger partial charge in [-0.1, -0.05) is 11.6 Å². The van der Waals surface area contributed by atoms with Crippen LogP contribution in [0, 0.1) is 0 Å². The van der Waals surface area contributed by atoms with E-state index < -0.39 is 0 Å². The van der Waals surface area contributed by atoms with Crippen LogP contribution in [0.25, 0.3) is 22.2 Å². The second kappa shape index (κ2) is 4.23. The van der Waals surface area contributed by atoms with Gasteiger partial charge in [-0.3, -0.25) is 4.79 Å². The van der Waals surface area contributed by atoms with Gasteiger partial charge in [0, 0.05) is 35.1 Å². The number of rotatable bonds is 2. The van der Waals surface area contributed by atoms with Crippen LogP contribution in [-0.4, -0.2) is 21.2 Å². The molecular weight excluding hydrogens is 250 g/mol. The van der Waals surface area contributed by atoms with E-state index in [0.29, 0.717) is 16.4 Å². The Hall–Kier alpha value is -2.20. The lowest BCUT2D eigenvalue weighted by atomic mass is 10.0. The van der Waals surface area contributed by atoms with Crippen molar-refractivity contribution in [3.63, 3.8) is 0 Å². The minimum absolute atomic E-state index is 0.406. The number of hydrogen-bond donors (Lipinski definition) is 1. The molecule has 0 bridgehead atoms. The van der Waals surface area contributed by atoms with Crippen molar-refractivity contribution in [3.8, 4) is 11.1 Å². The van der Waals surface area contributed by atoms with Gasteiger partial charge in [-0.2, -0.15) is 0 Å². The number of H-pyrrole nitrogens is 1. The van der Waals surface area contributed by atoms with E-state index in [0.717, 1.165) is 22.8 Å². The summed E-state index contributed by atoms with van der Waals surface area (Å²) < 4.78 is 0. The molecule has 18 heavy (non-hydrogen) atoms. The van der Waals surface area contributed by atoms with Gasteiger partial charge in [-0.25, -0.2) is 9.97 Å². The highest BCUT2D eigenvalue weighted by Gasteiger charge is 2.12. The number of fused-ring (bicyclic) bond motifs is 1. The molecule has 0 aromatic carbocycles. The molecule has 5 heteroatoms. The number of carbonyl (C=O) groups excluding carboxylic acids is 1. The summed E-state index contributed by atoms with van der Waals surface area (Å²) in [5.41, 5.74) is 2.86. The van der Waals surface area contributed by atoms with Gasteiger partial charge >= 0.3 is 0 Å². The second-order valence-corrected chi connectivity index (χ2v) is 4.14. The van der Waals surface area contributed by atoms with Crippen LogP contribution in [0.15, 0.2) is 36.8 Å². The van der Waals surface area contributed by atoms with Crippen molar-refractivity contribution in [2.45, 2.75) is 0 Å². The molecule has 0 atom stereocenters. The summed E-state index contributed by atoms with van der Waals surface area (Å²) in [4.78, 5) is 22.3. The Morgan fingerprint density at radius 2 is 2.06 bits per heavy atom. The van der Waals surface area contributed by atoms with Gasteiger partial charge in [-0.15, -0.1) is 0 Å². The number of halogens is 1. The van der Waals surface area contributed by atoms with E-state index in [1.807, 2.05) is 12.1 Å². The molecule has 88 valence electrons. The Bertz CT molecular complexity index is 736. The Kier molecular flexibility index (Phi) is 2.57. The average molecular weight is 258 g/mol. The third-order valence-corrected chi connectivity index (χ3v) is 3.08. The second-order valence-electron chi connectivity index (χ2n) is 3.79. The van der Waals surface area contributed by atoms with Crippen LogP contribution in [0.5, 0.6) is 0 Å². The molecule has 3 heterocycles. The topological polar surface area (TPSA) is 58.6 Å². The summed E-state index contributed by atoms with van der Waals surface area (Å²) in [6.45, 7) is 0. The predicted molar refractivity (Wildman–Crippen MR) is 69.7 cm³/mol. The normalized spacial score (nSPS) is 10.7. The molecule has 0 unspecified atom stereocenters. The van der Waals surface area contributed by atoms with E-state index in [4.69, 9.17) is 11.6 Å². The number of aldehydes is 1. The van der Waals surface area contributed by atoms with Crippen LogP contribution in [-0.2, 0) is 0 Å². The maximum Gasteiger partial charge on any atom is 0.152 e. The molecule has 3 aromatic heterocycles. The summed E-state index contributed by atoms with van der Waals surface area (Å²) in [6, 6.07) is 5.50. The number of nitrogens with zero attached hydrogens (tertiary/aromatic N) is 2. The van der Waals surface area contributed by atoms with Gasteiger partial charge in [0.1, 0.15) is 10.8 Å². The first-order valence-corrected chi connectivity index (χ1v) is 5.71. The van der Waals surface area contributed by atoms with Crippen molar-refractivity contribution < 1.29 is 4.79 Å². The summed E-state index contributed by atoms with van der Waals surface area (Å²) in [5.74, 6) is 0. The molecule has 0 saturated heterocycles. The Labute approximate surface area is 108 Å². The van der Waals surface area contributed by atoms with Gasteiger partial charge in [0.25, 0.3) is 0 Å². The minimum Gasteiger partial charge on any atom is -0.345 e. The lowest BCUT2D eigenvalue weighted by Crippen LogP contribution is -1.87. The molecule has 0 spiro atoms. The summed E-state index contributed by atoms with van der Waals surface area (Å²) in [7, 11) is 0. The van der Waals surface area contributed by atoms with Crippen molar-refractivity contribution in [2.75, 3.05) is 0 Å².